The van der Waals surface area contributed by atoms with Crippen LogP contribution >= 0.6 is 27.7 Å². The van der Waals surface area contributed by atoms with Gasteiger partial charge in [0.1, 0.15) is 0 Å². The predicted molar refractivity (Wildman–Crippen MR) is 75.2 cm³/mol. The molecule has 0 bridgehead atoms. The molecule has 0 spiro atoms. The van der Waals surface area contributed by atoms with Gasteiger partial charge in [-0.2, -0.15) is 24.9 Å². The fourth-order valence-corrected chi connectivity index (χ4v) is 2.65. The molecule has 1 rings (SSSR count). The molecule has 0 heterocycles. The van der Waals surface area contributed by atoms with Gasteiger partial charge >= 0.3 is 6.18 Å². The van der Waals surface area contributed by atoms with E-state index in [1.807, 2.05) is 13.2 Å². The summed E-state index contributed by atoms with van der Waals surface area (Å²) in [5, 5.41) is 2.97. The predicted octanol–water partition coefficient (Wildman–Crippen LogP) is 5.02. The Hall–Kier alpha value is -0.360. The van der Waals surface area contributed by atoms with Crippen LogP contribution in [0, 0.1) is 0 Å². The molecule has 0 saturated heterocycles. The monoisotopic (exact) mass is 341 g/mol. The molecule has 0 radical (unpaired) electrons. The fourth-order valence-electron chi connectivity index (χ4n) is 1.57. The van der Waals surface area contributed by atoms with Crippen LogP contribution in [0.5, 0.6) is 0 Å². The minimum Gasteiger partial charge on any atom is -0.381 e. The molecule has 0 aliphatic carbocycles. The van der Waals surface area contributed by atoms with E-state index >= 15 is 0 Å². The summed E-state index contributed by atoms with van der Waals surface area (Å²) in [6.07, 6.45) is -1.61. The number of alkyl halides is 3. The van der Waals surface area contributed by atoms with E-state index in [2.05, 4.69) is 21.2 Å². The zero-order chi connectivity index (χ0) is 13.8. The van der Waals surface area contributed by atoms with E-state index in [0.29, 0.717) is 4.47 Å². The van der Waals surface area contributed by atoms with Crippen LogP contribution in [0.4, 0.5) is 18.9 Å². The van der Waals surface area contributed by atoms with E-state index in [0.717, 1.165) is 18.2 Å². The van der Waals surface area contributed by atoms with Crippen LogP contribution in [0.25, 0.3) is 0 Å². The molecule has 1 atom stereocenters. The van der Waals surface area contributed by atoms with Crippen LogP contribution in [0.3, 0.4) is 0 Å². The largest absolute Gasteiger partial charge is 0.418 e. The average molecular weight is 342 g/mol. The Morgan fingerprint density at radius 2 is 2.06 bits per heavy atom. The van der Waals surface area contributed by atoms with Crippen molar-refractivity contribution in [1.82, 2.24) is 0 Å². The molecule has 0 amide bonds. The van der Waals surface area contributed by atoms with E-state index in [4.69, 9.17) is 0 Å². The zero-order valence-corrected chi connectivity index (χ0v) is 12.5. The lowest BCUT2D eigenvalue weighted by Crippen LogP contribution is -2.23. The van der Waals surface area contributed by atoms with Crippen molar-refractivity contribution in [2.75, 3.05) is 17.3 Å². The smallest absolute Gasteiger partial charge is 0.381 e. The first-order chi connectivity index (χ1) is 8.38. The van der Waals surface area contributed by atoms with Crippen LogP contribution in [0.2, 0.25) is 0 Å². The normalized spacial score (nSPS) is 13.4. The van der Waals surface area contributed by atoms with Gasteiger partial charge in [-0.05, 0) is 30.9 Å². The van der Waals surface area contributed by atoms with Gasteiger partial charge in [0.25, 0.3) is 0 Å². The van der Waals surface area contributed by atoms with Gasteiger partial charge in [0, 0.05) is 22.0 Å². The first kappa shape index (κ1) is 15.7. The topological polar surface area (TPSA) is 12.0 Å². The number of anilines is 1. The van der Waals surface area contributed by atoms with Gasteiger partial charge in [0.2, 0.25) is 0 Å². The Balaban J connectivity index is 3.02. The number of halogens is 4. The highest BCUT2D eigenvalue weighted by Crippen LogP contribution is 2.36. The molecule has 18 heavy (non-hydrogen) atoms. The van der Waals surface area contributed by atoms with Crippen LogP contribution in [-0.2, 0) is 6.18 Å². The van der Waals surface area contributed by atoms with Crippen molar-refractivity contribution < 1.29 is 13.2 Å². The Morgan fingerprint density at radius 1 is 1.39 bits per heavy atom. The van der Waals surface area contributed by atoms with Crippen LogP contribution in [-0.4, -0.2) is 18.1 Å². The van der Waals surface area contributed by atoms with E-state index in [9.17, 15) is 13.2 Å². The second-order valence-electron chi connectivity index (χ2n) is 3.89. The van der Waals surface area contributed by atoms with Gasteiger partial charge in [-0.25, -0.2) is 0 Å². The van der Waals surface area contributed by atoms with Crippen molar-refractivity contribution in [2.45, 2.75) is 25.6 Å². The van der Waals surface area contributed by atoms with Gasteiger partial charge in [-0.3, -0.25) is 0 Å². The van der Waals surface area contributed by atoms with E-state index in [1.54, 1.807) is 11.8 Å². The lowest BCUT2D eigenvalue weighted by atomic mass is 10.1. The highest BCUT2D eigenvalue weighted by molar-refractivity contribution is 9.10. The number of nitrogens with one attached hydrogen (secondary N) is 1. The molecule has 1 N–H and O–H groups in total. The van der Waals surface area contributed by atoms with Crippen molar-refractivity contribution in [2.24, 2.45) is 0 Å². The lowest BCUT2D eigenvalue weighted by molar-refractivity contribution is -0.137. The quantitative estimate of drug-likeness (QED) is 0.806. The summed E-state index contributed by atoms with van der Waals surface area (Å²) >= 11 is 4.82. The second-order valence-corrected chi connectivity index (χ2v) is 5.72. The maximum Gasteiger partial charge on any atom is 0.418 e. The molecule has 0 aliphatic rings. The van der Waals surface area contributed by atoms with Crippen LogP contribution < -0.4 is 5.32 Å². The molecule has 0 aromatic heterocycles. The lowest BCUT2D eigenvalue weighted by Gasteiger charge is -2.21. The molecule has 1 unspecified atom stereocenters. The molecule has 102 valence electrons. The number of rotatable bonds is 5. The van der Waals surface area contributed by atoms with Crippen molar-refractivity contribution in [3.63, 3.8) is 0 Å². The van der Waals surface area contributed by atoms with Crippen molar-refractivity contribution in [3.05, 3.63) is 28.2 Å². The first-order valence-corrected chi connectivity index (χ1v) is 7.69. The van der Waals surface area contributed by atoms with Crippen molar-refractivity contribution in [3.8, 4) is 0 Å². The summed E-state index contributed by atoms with van der Waals surface area (Å²) in [6, 6.07) is 4.02. The summed E-state index contributed by atoms with van der Waals surface area (Å²) in [5.41, 5.74) is -0.483. The summed E-state index contributed by atoms with van der Waals surface area (Å²) in [7, 11) is 0. The van der Waals surface area contributed by atoms with Gasteiger partial charge in [-0.1, -0.05) is 22.9 Å². The van der Waals surface area contributed by atoms with E-state index in [1.165, 1.54) is 12.1 Å². The standard InChI is InChI=1S/C12H15BrF3NS/c1-3-9(7-18-2)17-11-6-8(13)4-5-10(11)12(14,15)16/h4-6,9,17H,3,7H2,1-2H3. The minimum absolute atomic E-state index is 0.0374. The molecule has 0 fully saturated rings. The number of hydrogen-bond acceptors (Lipinski definition) is 2. The third kappa shape index (κ3) is 4.39. The maximum absolute atomic E-state index is 12.9. The van der Waals surface area contributed by atoms with Gasteiger partial charge in [0.15, 0.2) is 0 Å². The van der Waals surface area contributed by atoms with E-state index in [-0.39, 0.29) is 11.7 Å². The Bertz CT molecular complexity index is 395. The number of thioether (sulfide) groups is 1. The molecular weight excluding hydrogens is 327 g/mol. The zero-order valence-electron chi connectivity index (χ0n) is 10.1. The molecule has 0 saturated carbocycles. The molecule has 1 aromatic carbocycles. The molecule has 0 aliphatic heterocycles. The Labute approximate surface area is 118 Å². The second kappa shape index (κ2) is 6.70. The van der Waals surface area contributed by atoms with Crippen molar-refractivity contribution >= 4 is 33.4 Å². The molecule has 6 heteroatoms. The van der Waals surface area contributed by atoms with Crippen LogP contribution in [0.1, 0.15) is 18.9 Å². The summed E-state index contributed by atoms with van der Waals surface area (Å²) in [5.74, 6) is 0.778. The van der Waals surface area contributed by atoms with Crippen LogP contribution in [0.15, 0.2) is 22.7 Å². The third-order valence-electron chi connectivity index (χ3n) is 2.51. The minimum atomic E-state index is -4.33. The SMILES string of the molecule is CCC(CSC)Nc1cc(Br)ccc1C(F)(F)F. The van der Waals surface area contributed by atoms with E-state index < -0.39 is 11.7 Å². The summed E-state index contributed by atoms with van der Waals surface area (Å²) in [4.78, 5) is 0. The Morgan fingerprint density at radius 3 is 2.56 bits per heavy atom. The fraction of sp³-hybridized carbons (Fsp3) is 0.500. The number of benzene rings is 1. The number of hydrogen-bond donors (Lipinski definition) is 1. The maximum atomic E-state index is 12.9. The highest BCUT2D eigenvalue weighted by atomic mass is 79.9. The molecular formula is C12H15BrF3NS. The third-order valence-corrected chi connectivity index (χ3v) is 3.74. The summed E-state index contributed by atoms with van der Waals surface area (Å²) < 4.78 is 39.2. The highest BCUT2D eigenvalue weighted by Gasteiger charge is 2.33. The summed E-state index contributed by atoms with van der Waals surface area (Å²) in [6.45, 7) is 1.96. The first-order valence-electron chi connectivity index (χ1n) is 5.50. The molecule has 1 nitrogen and oxygen atoms in total. The van der Waals surface area contributed by atoms with Gasteiger partial charge < -0.3 is 5.32 Å². The van der Waals surface area contributed by atoms with Gasteiger partial charge in [0.05, 0.1) is 5.56 Å². The van der Waals surface area contributed by atoms with Crippen molar-refractivity contribution in [1.29, 1.82) is 0 Å². The van der Waals surface area contributed by atoms with Gasteiger partial charge in [-0.15, -0.1) is 0 Å². The molecule has 1 aromatic rings. The average Bonchev–Trinajstić information content (AvgIpc) is 2.26. The Kier molecular flexibility index (Phi) is 5.85.